The van der Waals surface area contributed by atoms with Gasteiger partial charge in [0.25, 0.3) is 0 Å². The summed E-state index contributed by atoms with van der Waals surface area (Å²) in [5.74, 6) is -0.489. The molecule has 0 saturated heterocycles. The first-order valence-corrected chi connectivity index (χ1v) is 9.90. The van der Waals surface area contributed by atoms with E-state index in [9.17, 15) is 14.4 Å². The fourth-order valence-electron chi connectivity index (χ4n) is 2.58. The third-order valence-electron chi connectivity index (χ3n) is 4.35. The maximum absolute atomic E-state index is 12.0. The van der Waals surface area contributed by atoms with Gasteiger partial charge in [-0.25, -0.2) is 0 Å². The first-order valence-electron chi connectivity index (χ1n) is 9.90. The van der Waals surface area contributed by atoms with Crippen molar-refractivity contribution < 1.29 is 14.4 Å². The molecule has 0 rings (SSSR count). The van der Waals surface area contributed by atoms with Gasteiger partial charge < -0.3 is 38.4 Å². The number of aldehydes is 1. The zero-order valence-electron chi connectivity index (χ0n) is 16.3. The third-order valence-corrected chi connectivity index (χ3v) is 4.35. The average molecular weight is 387 g/mol. The van der Waals surface area contributed by atoms with Crippen molar-refractivity contribution in [3.8, 4) is 0 Å². The van der Waals surface area contributed by atoms with Gasteiger partial charge in [0.15, 0.2) is 0 Å². The smallest absolute Gasteiger partial charge is 0.237 e. The first kappa shape index (κ1) is 25.4. The Bertz CT molecular complexity index is 422. The van der Waals surface area contributed by atoms with Crippen LogP contribution in [0, 0.1) is 0 Å². The Morgan fingerprint density at radius 2 is 1.30 bits per heavy atom. The maximum Gasteiger partial charge on any atom is 0.237 e. The van der Waals surface area contributed by atoms with Crippen LogP contribution in [0.2, 0.25) is 0 Å². The first-order chi connectivity index (χ1) is 13.0. The Morgan fingerprint density at radius 1 is 0.778 bits per heavy atom. The molecule has 27 heavy (non-hydrogen) atoms. The number of rotatable bonds is 17. The second kappa shape index (κ2) is 16.6. The van der Waals surface area contributed by atoms with Crippen molar-refractivity contribution in [1.82, 2.24) is 10.6 Å². The van der Waals surface area contributed by atoms with Crippen molar-refractivity contribution in [2.45, 2.75) is 75.9 Å². The molecule has 3 unspecified atom stereocenters. The van der Waals surface area contributed by atoms with Crippen LogP contribution in [0.5, 0.6) is 0 Å². The van der Waals surface area contributed by atoms with Crippen LogP contribution in [0.4, 0.5) is 0 Å². The molecule has 0 fully saturated rings. The molecule has 0 aliphatic rings. The van der Waals surface area contributed by atoms with Gasteiger partial charge in [-0.1, -0.05) is 12.8 Å². The monoisotopic (exact) mass is 386 g/mol. The maximum atomic E-state index is 12.0. The molecule has 0 spiro atoms. The molecular weight excluding hydrogens is 348 g/mol. The van der Waals surface area contributed by atoms with Crippen molar-refractivity contribution in [2.24, 2.45) is 22.9 Å². The van der Waals surface area contributed by atoms with E-state index in [1.54, 1.807) is 0 Å². The summed E-state index contributed by atoms with van der Waals surface area (Å²) in [5, 5.41) is 5.45. The number of carbonyl (C=O) groups excluding carboxylic acids is 3. The lowest BCUT2D eigenvalue weighted by molar-refractivity contribution is -0.125. The average Bonchev–Trinajstić information content (AvgIpc) is 2.66. The minimum Gasteiger partial charge on any atom is -0.355 e. The topological polar surface area (TPSA) is 179 Å². The fraction of sp³-hybridized carbons (Fsp3) is 0.833. The lowest BCUT2D eigenvalue weighted by Gasteiger charge is -2.17. The molecule has 0 aliphatic carbocycles. The molecule has 9 nitrogen and oxygen atoms in total. The molecule has 3 atom stereocenters. The number of nitrogens with two attached hydrogens (primary N) is 4. The van der Waals surface area contributed by atoms with E-state index in [0.29, 0.717) is 51.7 Å². The van der Waals surface area contributed by atoms with Gasteiger partial charge in [-0.05, 0) is 58.0 Å². The Morgan fingerprint density at radius 3 is 1.81 bits per heavy atom. The van der Waals surface area contributed by atoms with Crippen LogP contribution >= 0.6 is 0 Å². The molecule has 0 saturated carbocycles. The van der Waals surface area contributed by atoms with Crippen LogP contribution in [0.1, 0.15) is 57.8 Å². The van der Waals surface area contributed by atoms with Gasteiger partial charge in [-0.15, -0.1) is 0 Å². The summed E-state index contributed by atoms with van der Waals surface area (Å²) in [4.78, 5) is 34.9. The summed E-state index contributed by atoms with van der Waals surface area (Å²) in [6, 6.07) is -1.70. The highest BCUT2D eigenvalue weighted by Crippen LogP contribution is 2.03. The zero-order chi connectivity index (χ0) is 20.5. The van der Waals surface area contributed by atoms with Crippen LogP contribution in [0.15, 0.2) is 0 Å². The van der Waals surface area contributed by atoms with Crippen LogP contribution in [-0.4, -0.2) is 55.9 Å². The lowest BCUT2D eigenvalue weighted by atomic mass is 10.1. The second-order valence-electron chi connectivity index (χ2n) is 6.82. The second-order valence-corrected chi connectivity index (χ2v) is 6.82. The molecule has 0 aromatic heterocycles. The molecular formula is C18H38N6O3. The van der Waals surface area contributed by atoms with Crippen molar-refractivity contribution >= 4 is 18.1 Å². The van der Waals surface area contributed by atoms with E-state index >= 15 is 0 Å². The fourth-order valence-corrected chi connectivity index (χ4v) is 2.58. The summed E-state index contributed by atoms with van der Waals surface area (Å²) >= 11 is 0. The molecule has 10 N–H and O–H groups in total. The highest BCUT2D eigenvalue weighted by molar-refractivity contribution is 5.84. The Labute approximate surface area is 162 Å². The molecule has 0 aromatic rings. The number of nitrogens with one attached hydrogen (secondary N) is 2. The normalized spacial score (nSPS) is 14.2. The predicted molar refractivity (Wildman–Crippen MR) is 107 cm³/mol. The number of hydrogen-bond donors (Lipinski definition) is 6. The third kappa shape index (κ3) is 13.3. The van der Waals surface area contributed by atoms with Gasteiger partial charge in [0, 0.05) is 6.54 Å². The van der Waals surface area contributed by atoms with Gasteiger partial charge in [0.1, 0.15) is 6.29 Å². The summed E-state index contributed by atoms with van der Waals surface area (Å²) in [6.07, 6.45) is 7.07. The lowest BCUT2D eigenvalue weighted by Crippen LogP contribution is -2.46. The van der Waals surface area contributed by atoms with Gasteiger partial charge in [-0.2, -0.15) is 0 Å². The van der Waals surface area contributed by atoms with Gasteiger partial charge in [0.05, 0.1) is 18.1 Å². The minimum atomic E-state index is -0.626. The standard InChI is InChI=1S/C18H38N6O3/c19-10-4-1-8-15(21)17(26)23-12-6-3-7-14(13-25)24-18(27)16(22)9-2-5-11-20/h13-16H,1-12,19-22H2,(H,23,26)(H,24,27). The van der Waals surface area contributed by atoms with E-state index in [1.807, 2.05) is 0 Å². The zero-order valence-corrected chi connectivity index (χ0v) is 16.3. The minimum absolute atomic E-state index is 0.171. The van der Waals surface area contributed by atoms with Gasteiger partial charge in [0.2, 0.25) is 11.8 Å². The SMILES string of the molecule is NCCCCC(N)C(=O)NCCCCC(C=O)NC(=O)C(N)CCCCN. The molecule has 0 heterocycles. The summed E-state index contributed by atoms with van der Waals surface area (Å²) in [7, 11) is 0. The van der Waals surface area contributed by atoms with Crippen molar-refractivity contribution in [1.29, 1.82) is 0 Å². The van der Waals surface area contributed by atoms with E-state index in [4.69, 9.17) is 22.9 Å². The predicted octanol–water partition coefficient (Wildman–Crippen LogP) is -1.13. The Balaban J connectivity index is 3.91. The summed E-state index contributed by atoms with van der Waals surface area (Å²) in [5.41, 5.74) is 22.4. The van der Waals surface area contributed by atoms with Crippen LogP contribution in [0.3, 0.4) is 0 Å². The molecule has 0 aromatic carbocycles. The molecule has 9 heteroatoms. The van der Waals surface area contributed by atoms with Crippen molar-refractivity contribution in [2.75, 3.05) is 19.6 Å². The largest absolute Gasteiger partial charge is 0.355 e. The van der Waals surface area contributed by atoms with Crippen molar-refractivity contribution in [3.63, 3.8) is 0 Å². The van der Waals surface area contributed by atoms with E-state index in [2.05, 4.69) is 10.6 Å². The quantitative estimate of drug-likeness (QED) is 0.135. The number of amides is 2. The van der Waals surface area contributed by atoms with Crippen LogP contribution in [-0.2, 0) is 14.4 Å². The number of unbranched alkanes of at least 4 members (excludes halogenated alkanes) is 3. The summed E-state index contributed by atoms with van der Waals surface area (Å²) < 4.78 is 0. The number of hydrogen-bond acceptors (Lipinski definition) is 7. The number of carbonyl (C=O) groups is 3. The molecule has 0 bridgehead atoms. The molecule has 158 valence electrons. The van der Waals surface area contributed by atoms with E-state index in [1.165, 1.54) is 0 Å². The summed E-state index contributed by atoms with van der Waals surface area (Å²) in [6.45, 7) is 1.66. The van der Waals surface area contributed by atoms with Crippen LogP contribution < -0.4 is 33.6 Å². The van der Waals surface area contributed by atoms with E-state index in [-0.39, 0.29) is 11.8 Å². The highest BCUT2D eigenvalue weighted by Gasteiger charge is 2.17. The molecule has 0 radical (unpaired) electrons. The van der Waals surface area contributed by atoms with Gasteiger partial charge >= 0.3 is 0 Å². The molecule has 2 amide bonds. The molecule has 0 aliphatic heterocycles. The van der Waals surface area contributed by atoms with Gasteiger partial charge in [-0.3, -0.25) is 9.59 Å². The highest BCUT2D eigenvalue weighted by atomic mass is 16.2. The Hall–Kier alpha value is -1.55. The van der Waals surface area contributed by atoms with E-state index in [0.717, 1.165) is 32.0 Å². The Kier molecular flexibility index (Phi) is 15.7. The van der Waals surface area contributed by atoms with E-state index < -0.39 is 18.1 Å². The van der Waals surface area contributed by atoms with Crippen molar-refractivity contribution in [3.05, 3.63) is 0 Å². The van der Waals surface area contributed by atoms with Crippen LogP contribution in [0.25, 0.3) is 0 Å².